The smallest absolute Gasteiger partial charge is 0.395 e. The van der Waals surface area contributed by atoms with Crippen LogP contribution in [-0.2, 0) is 12.8 Å². The SMILES string of the molecule is O=C(CC1Cc2ccccc2C1)c1ccc2c(c1)OC(F)(F)O2. The second-order valence-electron chi connectivity index (χ2n) is 6.00. The highest BCUT2D eigenvalue weighted by molar-refractivity contribution is 5.97. The minimum absolute atomic E-state index is 0.0418. The van der Waals surface area contributed by atoms with Crippen molar-refractivity contribution in [2.24, 2.45) is 5.92 Å². The predicted molar refractivity (Wildman–Crippen MR) is 78.9 cm³/mol. The first-order valence-corrected chi connectivity index (χ1v) is 7.50. The Bertz CT molecular complexity index is 761. The lowest BCUT2D eigenvalue weighted by molar-refractivity contribution is -0.286. The zero-order chi connectivity index (χ0) is 16.0. The van der Waals surface area contributed by atoms with Crippen molar-refractivity contribution in [1.29, 1.82) is 0 Å². The minimum atomic E-state index is -3.66. The standard InChI is InChI=1S/C18H14F2O3/c19-18(20)22-16-6-5-14(10-17(16)23-18)15(21)9-11-7-12-3-1-2-4-13(12)8-11/h1-6,10-11H,7-9H2. The molecule has 118 valence electrons. The summed E-state index contributed by atoms with van der Waals surface area (Å²) in [5.41, 5.74) is 2.95. The molecule has 0 amide bonds. The normalized spacial score (nSPS) is 18.0. The first kappa shape index (κ1) is 14.2. The second kappa shape index (κ2) is 5.05. The van der Waals surface area contributed by atoms with Crippen molar-refractivity contribution in [3.63, 3.8) is 0 Å². The zero-order valence-corrected chi connectivity index (χ0v) is 12.2. The first-order valence-electron chi connectivity index (χ1n) is 7.50. The summed E-state index contributed by atoms with van der Waals surface area (Å²) in [6, 6.07) is 12.4. The number of Topliss-reactive ketones (excluding diaryl/α,β-unsaturated/α-hetero) is 1. The number of hydrogen-bond acceptors (Lipinski definition) is 3. The van der Waals surface area contributed by atoms with Gasteiger partial charge in [0, 0.05) is 12.0 Å². The highest BCUT2D eigenvalue weighted by Gasteiger charge is 2.43. The summed E-state index contributed by atoms with van der Waals surface area (Å²) in [4.78, 5) is 12.4. The van der Waals surface area contributed by atoms with Gasteiger partial charge in [0.05, 0.1) is 0 Å². The maximum atomic E-state index is 13.0. The molecule has 1 aliphatic carbocycles. The molecule has 2 aromatic carbocycles. The third-order valence-corrected chi connectivity index (χ3v) is 4.33. The van der Waals surface area contributed by atoms with Crippen molar-refractivity contribution in [2.45, 2.75) is 25.6 Å². The molecule has 5 heteroatoms. The summed E-state index contributed by atoms with van der Waals surface area (Å²) in [7, 11) is 0. The van der Waals surface area contributed by atoms with E-state index in [1.807, 2.05) is 12.1 Å². The number of carbonyl (C=O) groups excluding carboxylic acids is 1. The van der Waals surface area contributed by atoms with E-state index < -0.39 is 6.29 Å². The van der Waals surface area contributed by atoms with E-state index in [1.54, 1.807) is 0 Å². The minimum Gasteiger partial charge on any atom is -0.395 e. The largest absolute Gasteiger partial charge is 0.586 e. The van der Waals surface area contributed by atoms with E-state index in [4.69, 9.17) is 0 Å². The van der Waals surface area contributed by atoms with Crippen molar-refractivity contribution in [2.75, 3.05) is 0 Å². The van der Waals surface area contributed by atoms with Gasteiger partial charge < -0.3 is 9.47 Å². The number of halogens is 2. The van der Waals surface area contributed by atoms with Crippen LogP contribution in [0.3, 0.4) is 0 Å². The monoisotopic (exact) mass is 316 g/mol. The number of alkyl halides is 2. The molecule has 0 atom stereocenters. The Morgan fingerprint density at radius 3 is 2.39 bits per heavy atom. The maximum Gasteiger partial charge on any atom is 0.586 e. The number of rotatable bonds is 3. The van der Waals surface area contributed by atoms with E-state index >= 15 is 0 Å². The number of hydrogen-bond donors (Lipinski definition) is 0. The molecular weight excluding hydrogens is 302 g/mol. The third-order valence-electron chi connectivity index (χ3n) is 4.33. The van der Waals surface area contributed by atoms with Gasteiger partial charge >= 0.3 is 6.29 Å². The van der Waals surface area contributed by atoms with Gasteiger partial charge in [0.15, 0.2) is 17.3 Å². The lowest BCUT2D eigenvalue weighted by Gasteiger charge is -2.08. The van der Waals surface area contributed by atoms with Gasteiger partial charge in [-0.25, -0.2) is 0 Å². The number of ether oxygens (including phenoxy) is 2. The van der Waals surface area contributed by atoms with Crippen LogP contribution >= 0.6 is 0 Å². The molecule has 0 aromatic heterocycles. The highest BCUT2D eigenvalue weighted by Crippen LogP contribution is 2.41. The molecule has 0 saturated heterocycles. The van der Waals surface area contributed by atoms with Crippen LogP contribution in [0.4, 0.5) is 8.78 Å². The van der Waals surface area contributed by atoms with Crippen LogP contribution in [0.15, 0.2) is 42.5 Å². The molecule has 0 saturated carbocycles. The van der Waals surface area contributed by atoms with Crippen LogP contribution in [0, 0.1) is 5.92 Å². The van der Waals surface area contributed by atoms with Crippen molar-refractivity contribution in [3.05, 3.63) is 59.2 Å². The molecule has 0 unspecified atom stereocenters. The molecule has 0 radical (unpaired) electrons. The molecular formula is C18H14F2O3. The molecule has 23 heavy (non-hydrogen) atoms. The third kappa shape index (κ3) is 2.67. The molecule has 0 N–H and O–H groups in total. The van der Waals surface area contributed by atoms with Crippen molar-refractivity contribution in [1.82, 2.24) is 0 Å². The summed E-state index contributed by atoms with van der Waals surface area (Å²) in [5.74, 6) is 0.0616. The number of benzene rings is 2. The predicted octanol–water partition coefficient (Wildman–Crippen LogP) is 4.00. The Morgan fingerprint density at radius 2 is 1.70 bits per heavy atom. The zero-order valence-electron chi connectivity index (χ0n) is 12.2. The van der Waals surface area contributed by atoms with Gasteiger partial charge in [0.2, 0.25) is 0 Å². The summed E-state index contributed by atoms with van der Waals surface area (Å²) >= 11 is 0. The maximum absolute atomic E-state index is 13.0. The molecule has 0 bridgehead atoms. The van der Waals surface area contributed by atoms with Crippen LogP contribution in [-0.4, -0.2) is 12.1 Å². The fourth-order valence-electron chi connectivity index (χ4n) is 3.30. The average Bonchev–Trinajstić information content (AvgIpc) is 3.03. The molecule has 3 nitrogen and oxygen atoms in total. The van der Waals surface area contributed by atoms with Crippen LogP contribution in [0.25, 0.3) is 0 Å². The number of ketones is 1. The molecule has 0 spiro atoms. The van der Waals surface area contributed by atoms with Gasteiger partial charge in [-0.2, -0.15) is 0 Å². The fraction of sp³-hybridized carbons (Fsp3) is 0.278. The summed E-state index contributed by atoms with van der Waals surface area (Å²) in [6.45, 7) is 0. The van der Waals surface area contributed by atoms with Crippen LogP contribution < -0.4 is 9.47 Å². The summed E-state index contributed by atoms with van der Waals surface area (Å²) < 4.78 is 34.8. The average molecular weight is 316 g/mol. The van der Waals surface area contributed by atoms with Gasteiger partial charge in [-0.1, -0.05) is 24.3 Å². The second-order valence-corrected chi connectivity index (χ2v) is 6.00. The highest BCUT2D eigenvalue weighted by atomic mass is 19.3. The molecule has 0 fully saturated rings. The Kier molecular flexibility index (Phi) is 3.11. The summed E-state index contributed by atoms with van der Waals surface area (Å²) in [5, 5.41) is 0. The van der Waals surface area contributed by atoms with Gasteiger partial charge in [0.1, 0.15) is 0 Å². The Morgan fingerprint density at radius 1 is 1.04 bits per heavy atom. The Labute approximate surface area is 131 Å². The number of fused-ring (bicyclic) bond motifs is 2. The quantitative estimate of drug-likeness (QED) is 0.803. The van der Waals surface area contributed by atoms with Crippen LogP contribution in [0.1, 0.15) is 27.9 Å². The van der Waals surface area contributed by atoms with E-state index in [0.29, 0.717) is 12.0 Å². The van der Waals surface area contributed by atoms with E-state index in [2.05, 4.69) is 21.6 Å². The van der Waals surface area contributed by atoms with E-state index in [9.17, 15) is 13.6 Å². The van der Waals surface area contributed by atoms with E-state index in [1.165, 1.54) is 29.3 Å². The van der Waals surface area contributed by atoms with Gasteiger partial charge in [-0.3, -0.25) is 4.79 Å². The first-order chi connectivity index (χ1) is 11.0. The molecule has 1 aliphatic heterocycles. The van der Waals surface area contributed by atoms with Crippen molar-refractivity contribution >= 4 is 5.78 Å². The fourth-order valence-corrected chi connectivity index (χ4v) is 3.30. The topological polar surface area (TPSA) is 35.5 Å². The molecule has 1 heterocycles. The Hall–Kier alpha value is -2.43. The molecule has 4 rings (SSSR count). The van der Waals surface area contributed by atoms with E-state index in [-0.39, 0.29) is 23.2 Å². The van der Waals surface area contributed by atoms with E-state index in [0.717, 1.165) is 12.8 Å². The molecule has 2 aromatic rings. The van der Waals surface area contributed by atoms with Gasteiger partial charge in [0.25, 0.3) is 0 Å². The van der Waals surface area contributed by atoms with Crippen LogP contribution in [0.5, 0.6) is 11.5 Å². The lowest BCUT2D eigenvalue weighted by atomic mass is 9.95. The summed E-state index contributed by atoms with van der Waals surface area (Å²) in [6.07, 6.45) is -1.50. The van der Waals surface area contributed by atoms with Crippen molar-refractivity contribution < 1.29 is 23.0 Å². The molecule has 2 aliphatic rings. The Balaban J connectivity index is 1.47. The number of carbonyl (C=O) groups is 1. The van der Waals surface area contributed by atoms with Crippen molar-refractivity contribution in [3.8, 4) is 11.5 Å². The van der Waals surface area contributed by atoms with Crippen LogP contribution in [0.2, 0.25) is 0 Å². The lowest BCUT2D eigenvalue weighted by Crippen LogP contribution is -2.25. The van der Waals surface area contributed by atoms with Gasteiger partial charge in [-0.05, 0) is 48.1 Å². The van der Waals surface area contributed by atoms with Gasteiger partial charge in [-0.15, -0.1) is 8.78 Å².